The van der Waals surface area contributed by atoms with Crippen molar-refractivity contribution in [3.05, 3.63) is 59.7 Å². The lowest BCUT2D eigenvalue weighted by molar-refractivity contribution is -0.127. The zero-order valence-electron chi connectivity index (χ0n) is 17.5. The molecule has 7 heteroatoms. The number of benzene rings is 2. The van der Waals surface area contributed by atoms with Crippen LogP contribution in [0, 0.1) is 0 Å². The van der Waals surface area contributed by atoms with E-state index in [1.807, 2.05) is 24.3 Å². The van der Waals surface area contributed by atoms with Gasteiger partial charge in [-0.25, -0.2) is 0 Å². The van der Waals surface area contributed by atoms with Crippen LogP contribution in [0.3, 0.4) is 0 Å². The van der Waals surface area contributed by atoms with Gasteiger partial charge in [0.2, 0.25) is 5.91 Å². The first-order chi connectivity index (χ1) is 14.6. The SMILES string of the molecule is COc1ccc(C(=O)N2CCN(C(=O)/C=C/c3ccccc3OC)CC2)c(OC)c1. The van der Waals surface area contributed by atoms with Crippen LogP contribution in [-0.4, -0.2) is 69.1 Å². The van der Waals surface area contributed by atoms with Crippen LogP contribution >= 0.6 is 0 Å². The highest BCUT2D eigenvalue weighted by Crippen LogP contribution is 2.26. The summed E-state index contributed by atoms with van der Waals surface area (Å²) in [5.41, 5.74) is 1.32. The fourth-order valence-corrected chi connectivity index (χ4v) is 3.35. The second kappa shape index (κ2) is 9.82. The lowest BCUT2D eigenvalue weighted by Gasteiger charge is -2.34. The van der Waals surface area contributed by atoms with Gasteiger partial charge in [-0.1, -0.05) is 18.2 Å². The fraction of sp³-hybridized carbons (Fsp3) is 0.304. The zero-order valence-corrected chi connectivity index (χ0v) is 17.5. The first kappa shape index (κ1) is 21.2. The lowest BCUT2D eigenvalue weighted by atomic mass is 10.1. The molecule has 1 aliphatic rings. The van der Waals surface area contributed by atoms with E-state index in [-0.39, 0.29) is 11.8 Å². The molecular formula is C23H26N2O5. The van der Waals surface area contributed by atoms with Crippen LogP contribution in [0.1, 0.15) is 15.9 Å². The third-order valence-corrected chi connectivity index (χ3v) is 5.06. The minimum Gasteiger partial charge on any atom is -0.497 e. The van der Waals surface area contributed by atoms with Gasteiger partial charge in [0.05, 0.1) is 26.9 Å². The fourth-order valence-electron chi connectivity index (χ4n) is 3.35. The summed E-state index contributed by atoms with van der Waals surface area (Å²) in [6.45, 7) is 1.86. The molecule has 0 aromatic heterocycles. The smallest absolute Gasteiger partial charge is 0.257 e. The number of amides is 2. The number of hydrogen-bond acceptors (Lipinski definition) is 5. The number of nitrogens with zero attached hydrogens (tertiary/aromatic N) is 2. The number of methoxy groups -OCH3 is 3. The average molecular weight is 410 g/mol. The maximum atomic E-state index is 12.9. The molecule has 0 N–H and O–H groups in total. The third kappa shape index (κ3) is 4.74. The summed E-state index contributed by atoms with van der Waals surface area (Å²) in [4.78, 5) is 28.9. The summed E-state index contributed by atoms with van der Waals surface area (Å²) in [6.07, 6.45) is 3.29. The predicted molar refractivity (Wildman–Crippen MR) is 114 cm³/mol. The summed E-state index contributed by atoms with van der Waals surface area (Å²) < 4.78 is 15.8. The number of para-hydroxylation sites is 1. The standard InChI is InChI=1S/C23H26N2O5/c1-28-18-9-10-19(21(16-18)30-3)23(27)25-14-12-24(13-15-25)22(26)11-8-17-6-4-5-7-20(17)29-2/h4-11,16H,12-15H2,1-3H3/b11-8+. The van der Waals surface area contributed by atoms with Crippen molar-refractivity contribution >= 4 is 17.9 Å². The van der Waals surface area contributed by atoms with Gasteiger partial charge in [0, 0.05) is 43.9 Å². The Morgan fingerprint density at radius 2 is 1.50 bits per heavy atom. The zero-order chi connectivity index (χ0) is 21.5. The second-order valence-corrected chi connectivity index (χ2v) is 6.76. The van der Waals surface area contributed by atoms with Crippen LogP contribution in [0.25, 0.3) is 6.08 Å². The molecule has 2 aromatic carbocycles. The molecule has 0 atom stereocenters. The number of hydrogen-bond donors (Lipinski definition) is 0. The van der Waals surface area contributed by atoms with Crippen molar-refractivity contribution in [2.24, 2.45) is 0 Å². The van der Waals surface area contributed by atoms with Crippen molar-refractivity contribution in [3.8, 4) is 17.2 Å². The van der Waals surface area contributed by atoms with Gasteiger partial charge in [-0.2, -0.15) is 0 Å². The Morgan fingerprint density at radius 1 is 0.833 bits per heavy atom. The highest BCUT2D eigenvalue weighted by atomic mass is 16.5. The van der Waals surface area contributed by atoms with E-state index in [2.05, 4.69) is 0 Å². The highest BCUT2D eigenvalue weighted by Gasteiger charge is 2.26. The topological polar surface area (TPSA) is 68.3 Å². The van der Waals surface area contributed by atoms with Crippen molar-refractivity contribution < 1.29 is 23.8 Å². The summed E-state index contributed by atoms with van der Waals surface area (Å²) in [5.74, 6) is 1.60. The van der Waals surface area contributed by atoms with Gasteiger partial charge in [0.1, 0.15) is 17.2 Å². The van der Waals surface area contributed by atoms with Crippen LogP contribution in [0.5, 0.6) is 17.2 Å². The van der Waals surface area contributed by atoms with Crippen LogP contribution in [0.2, 0.25) is 0 Å². The maximum absolute atomic E-state index is 12.9. The van der Waals surface area contributed by atoms with E-state index in [1.165, 1.54) is 7.11 Å². The summed E-state index contributed by atoms with van der Waals surface area (Å²) in [5, 5.41) is 0. The van der Waals surface area contributed by atoms with E-state index in [1.54, 1.807) is 54.4 Å². The van der Waals surface area contributed by atoms with Gasteiger partial charge in [-0.3, -0.25) is 9.59 Å². The molecule has 2 amide bonds. The van der Waals surface area contributed by atoms with Crippen LogP contribution in [-0.2, 0) is 4.79 Å². The molecule has 2 aromatic rings. The molecule has 1 heterocycles. The quantitative estimate of drug-likeness (QED) is 0.685. The molecule has 7 nitrogen and oxygen atoms in total. The lowest BCUT2D eigenvalue weighted by Crippen LogP contribution is -2.50. The van der Waals surface area contributed by atoms with E-state index >= 15 is 0 Å². The van der Waals surface area contributed by atoms with E-state index in [9.17, 15) is 9.59 Å². The number of carbonyl (C=O) groups is 2. The summed E-state index contributed by atoms with van der Waals surface area (Å²) in [6, 6.07) is 12.6. The molecule has 0 unspecified atom stereocenters. The van der Waals surface area contributed by atoms with Crippen molar-refractivity contribution in [1.82, 2.24) is 9.80 Å². The third-order valence-electron chi connectivity index (χ3n) is 5.06. The number of ether oxygens (including phenoxy) is 3. The first-order valence-corrected chi connectivity index (χ1v) is 9.68. The van der Waals surface area contributed by atoms with Crippen molar-refractivity contribution in [1.29, 1.82) is 0 Å². The van der Waals surface area contributed by atoms with Crippen molar-refractivity contribution in [3.63, 3.8) is 0 Å². The Kier molecular flexibility index (Phi) is 6.95. The maximum Gasteiger partial charge on any atom is 0.257 e. The molecule has 0 saturated carbocycles. The van der Waals surface area contributed by atoms with Gasteiger partial charge in [0.25, 0.3) is 5.91 Å². The molecule has 1 fully saturated rings. The highest BCUT2D eigenvalue weighted by molar-refractivity contribution is 5.97. The Hall–Kier alpha value is -3.48. The average Bonchev–Trinajstić information content (AvgIpc) is 2.81. The molecule has 30 heavy (non-hydrogen) atoms. The molecule has 0 bridgehead atoms. The summed E-state index contributed by atoms with van der Waals surface area (Å²) in [7, 11) is 4.69. The van der Waals surface area contributed by atoms with Crippen molar-refractivity contribution in [2.75, 3.05) is 47.5 Å². The van der Waals surface area contributed by atoms with Crippen molar-refractivity contribution in [2.45, 2.75) is 0 Å². The van der Waals surface area contributed by atoms with Crippen LogP contribution in [0.15, 0.2) is 48.5 Å². The Labute approximate surface area is 176 Å². The molecule has 0 radical (unpaired) electrons. The molecule has 3 rings (SSSR count). The van der Waals surface area contributed by atoms with Gasteiger partial charge in [-0.15, -0.1) is 0 Å². The van der Waals surface area contributed by atoms with Gasteiger partial charge >= 0.3 is 0 Å². The van der Waals surface area contributed by atoms with E-state index in [0.717, 1.165) is 5.56 Å². The van der Waals surface area contributed by atoms with Crippen LogP contribution < -0.4 is 14.2 Å². The minimum absolute atomic E-state index is 0.0879. The van der Waals surface area contributed by atoms with Gasteiger partial charge in [0.15, 0.2) is 0 Å². The molecule has 158 valence electrons. The largest absolute Gasteiger partial charge is 0.497 e. The van der Waals surface area contributed by atoms with Gasteiger partial charge < -0.3 is 24.0 Å². The first-order valence-electron chi connectivity index (χ1n) is 9.68. The van der Waals surface area contributed by atoms with E-state index in [0.29, 0.717) is 49.0 Å². The summed E-state index contributed by atoms with van der Waals surface area (Å²) >= 11 is 0. The number of rotatable bonds is 6. The normalized spacial score (nSPS) is 14.0. The monoisotopic (exact) mass is 410 g/mol. The molecule has 0 spiro atoms. The number of carbonyl (C=O) groups excluding carboxylic acids is 2. The Bertz CT molecular complexity index is 933. The minimum atomic E-state index is -0.119. The van der Waals surface area contributed by atoms with E-state index < -0.39 is 0 Å². The van der Waals surface area contributed by atoms with Gasteiger partial charge in [-0.05, 0) is 24.3 Å². The molecule has 1 saturated heterocycles. The predicted octanol–water partition coefficient (Wildman–Crippen LogP) is 2.71. The van der Waals surface area contributed by atoms with Crippen LogP contribution in [0.4, 0.5) is 0 Å². The molecule has 1 aliphatic heterocycles. The Balaban J connectivity index is 1.61. The van der Waals surface area contributed by atoms with E-state index in [4.69, 9.17) is 14.2 Å². The molecular weight excluding hydrogens is 384 g/mol. The molecule has 0 aliphatic carbocycles. The Morgan fingerprint density at radius 3 is 2.17 bits per heavy atom. The number of piperazine rings is 1. The second-order valence-electron chi connectivity index (χ2n) is 6.76.